The van der Waals surface area contributed by atoms with Gasteiger partial charge < -0.3 is 24.3 Å². The van der Waals surface area contributed by atoms with E-state index >= 15 is 8.78 Å². The van der Waals surface area contributed by atoms with E-state index in [-0.39, 0.29) is 48.4 Å². The Bertz CT molecular complexity index is 2350. The van der Waals surface area contributed by atoms with Gasteiger partial charge in [0.1, 0.15) is 40.9 Å². The molecule has 16 heteroatoms. The molecule has 2 N–H and O–H groups in total. The number of rotatable bonds is 10. The first-order valence-corrected chi connectivity index (χ1v) is 22.0. The average Bonchev–Trinajstić information content (AvgIpc) is 3.67. The Hall–Kier alpha value is -5.22. The summed E-state index contributed by atoms with van der Waals surface area (Å²) in [5.41, 5.74) is 2.21. The van der Waals surface area contributed by atoms with Gasteiger partial charge in [0.25, 0.3) is 5.91 Å². The lowest BCUT2D eigenvalue weighted by atomic mass is 9.89. The van der Waals surface area contributed by atoms with E-state index in [1.807, 2.05) is 24.3 Å². The van der Waals surface area contributed by atoms with Crippen molar-refractivity contribution in [1.29, 1.82) is 0 Å². The van der Waals surface area contributed by atoms with E-state index in [2.05, 4.69) is 58.9 Å². The number of amides is 3. The summed E-state index contributed by atoms with van der Waals surface area (Å²) in [4.78, 5) is 56.9. The second-order valence-electron chi connectivity index (χ2n) is 18.6. The number of nitrogens with one attached hydrogen (secondary N) is 2. The van der Waals surface area contributed by atoms with Crippen LogP contribution in [0.5, 0.6) is 5.75 Å². The molecule has 2 aromatic heterocycles. The Morgan fingerprint density at radius 1 is 0.918 bits per heavy atom. The van der Waals surface area contributed by atoms with Gasteiger partial charge in [-0.05, 0) is 95.0 Å². The van der Waals surface area contributed by atoms with Crippen molar-refractivity contribution in [2.75, 3.05) is 68.7 Å². The maximum atomic E-state index is 16.5. The number of ether oxygens (including phenoxy) is 1. The number of likely N-dealkylation sites (tertiary alicyclic amines) is 1. The van der Waals surface area contributed by atoms with Gasteiger partial charge in [-0.3, -0.25) is 29.7 Å². The van der Waals surface area contributed by atoms with E-state index in [0.717, 1.165) is 98.8 Å². The maximum Gasteiger partial charge on any atom is 0.255 e. The van der Waals surface area contributed by atoms with E-state index < -0.39 is 23.4 Å². The Kier molecular flexibility index (Phi) is 10.2. The van der Waals surface area contributed by atoms with Gasteiger partial charge in [0.2, 0.25) is 11.8 Å². The molecule has 0 bridgehead atoms. The molecular weight excluding hydrogens is 783 g/mol. The molecular formula is C45H54F2N10O4. The van der Waals surface area contributed by atoms with Gasteiger partial charge in [-0.15, -0.1) is 0 Å². The van der Waals surface area contributed by atoms with Crippen LogP contribution in [0.15, 0.2) is 42.7 Å². The minimum absolute atomic E-state index is 0.0169. The van der Waals surface area contributed by atoms with E-state index in [1.54, 1.807) is 18.5 Å². The third-order valence-electron chi connectivity index (χ3n) is 14.2. The Labute approximate surface area is 354 Å². The minimum Gasteiger partial charge on any atom is -0.488 e. The summed E-state index contributed by atoms with van der Waals surface area (Å²) in [5.74, 6) is 0.472. The van der Waals surface area contributed by atoms with Crippen molar-refractivity contribution in [3.05, 3.63) is 59.7 Å². The summed E-state index contributed by atoms with van der Waals surface area (Å²) in [6, 6.07) is 10.7. The summed E-state index contributed by atoms with van der Waals surface area (Å²) >= 11 is 0. The molecule has 2 aromatic carbocycles. The highest BCUT2D eigenvalue weighted by Crippen LogP contribution is 2.41. The van der Waals surface area contributed by atoms with Gasteiger partial charge in [0.15, 0.2) is 5.82 Å². The normalized spacial score (nSPS) is 24.7. The Morgan fingerprint density at radius 3 is 2.48 bits per heavy atom. The van der Waals surface area contributed by atoms with Crippen LogP contribution in [0, 0.1) is 11.7 Å². The largest absolute Gasteiger partial charge is 0.488 e. The number of piperazine rings is 1. The fourth-order valence-corrected chi connectivity index (χ4v) is 10.1. The van der Waals surface area contributed by atoms with Crippen LogP contribution in [-0.4, -0.2) is 135 Å². The summed E-state index contributed by atoms with van der Waals surface area (Å²) in [5, 5.41) is 11.0. The number of piperidine rings is 3. The lowest BCUT2D eigenvalue weighted by molar-refractivity contribution is -0.136. The van der Waals surface area contributed by atoms with Crippen LogP contribution in [-0.2, 0) is 16.1 Å². The van der Waals surface area contributed by atoms with Crippen LogP contribution in [0.25, 0.3) is 22.3 Å². The SMILES string of the molecule is C[C@H]1CN(c2cc(-c3n[nH]c4ccc(OC5(C)CC5)cc34)ncn2)CCN1CC1(F)CCN(CC2CCN(c3ccc4c(c3F)CN(C3CCC(=O)NC3=O)C4=O)CC2)CC1. The van der Waals surface area contributed by atoms with Crippen LogP contribution in [0.2, 0.25) is 0 Å². The predicted molar refractivity (Wildman–Crippen MR) is 226 cm³/mol. The molecule has 6 aliphatic rings. The highest BCUT2D eigenvalue weighted by molar-refractivity contribution is 6.05. The van der Waals surface area contributed by atoms with Crippen LogP contribution in [0.3, 0.4) is 0 Å². The van der Waals surface area contributed by atoms with Gasteiger partial charge in [0, 0.05) is 93.9 Å². The number of imide groups is 1. The number of hydrogen-bond donors (Lipinski definition) is 2. The van der Waals surface area contributed by atoms with E-state index in [9.17, 15) is 14.4 Å². The number of aromatic amines is 1. The highest BCUT2D eigenvalue weighted by atomic mass is 19.1. The molecule has 4 saturated heterocycles. The molecule has 61 heavy (non-hydrogen) atoms. The smallest absolute Gasteiger partial charge is 0.255 e. The van der Waals surface area contributed by atoms with Crippen LogP contribution in [0.1, 0.15) is 81.1 Å². The first-order valence-electron chi connectivity index (χ1n) is 22.0. The molecule has 0 spiro atoms. The number of aromatic nitrogens is 4. The van der Waals surface area contributed by atoms with Crippen LogP contribution < -0.4 is 19.9 Å². The molecule has 1 saturated carbocycles. The van der Waals surface area contributed by atoms with Crippen molar-refractivity contribution in [3.8, 4) is 17.1 Å². The highest BCUT2D eigenvalue weighted by Gasteiger charge is 2.43. The molecule has 322 valence electrons. The minimum atomic E-state index is -1.24. The zero-order chi connectivity index (χ0) is 42.0. The molecule has 3 amide bonds. The van der Waals surface area contributed by atoms with E-state index in [4.69, 9.17) is 4.74 Å². The second kappa shape index (κ2) is 15.6. The third kappa shape index (κ3) is 7.92. The number of carbonyl (C=O) groups is 3. The lowest BCUT2D eigenvalue weighted by Crippen LogP contribution is -2.57. The zero-order valence-corrected chi connectivity index (χ0v) is 35.0. The number of nitrogens with zero attached hydrogens (tertiary/aromatic N) is 8. The van der Waals surface area contributed by atoms with Gasteiger partial charge >= 0.3 is 0 Å². The van der Waals surface area contributed by atoms with Crippen molar-refractivity contribution in [3.63, 3.8) is 0 Å². The van der Waals surface area contributed by atoms with Gasteiger partial charge in [-0.1, -0.05) is 0 Å². The molecule has 0 radical (unpaired) electrons. The molecule has 7 heterocycles. The van der Waals surface area contributed by atoms with Crippen molar-refractivity contribution in [2.45, 2.75) is 95.1 Å². The number of benzene rings is 2. The first kappa shape index (κ1) is 39.9. The van der Waals surface area contributed by atoms with E-state index in [1.165, 1.54) is 4.90 Å². The van der Waals surface area contributed by atoms with Crippen LogP contribution in [0.4, 0.5) is 20.3 Å². The van der Waals surface area contributed by atoms with Gasteiger partial charge in [-0.2, -0.15) is 5.10 Å². The number of alkyl halides is 1. The van der Waals surface area contributed by atoms with Crippen molar-refractivity contribution in [1.82, 2.24) is 40.2 Å². The molecule has 5 fully saturated rings. The van der Waals surface area contributed by atoms with Gasteiger partial charge in [-0.25, -0.2) is 18.7 Å². The summed E-state index contributed by atoms with van der Waals surface area (Å²) in [6.45, 7) is 10.7. The van der Waals surface area contributed by atoms with Crippen molar-refractivity contribution < 1.29 is 27.9 Å². The summed E-state index contributed by atoms with van der Waals surface area (Å²) < 4.78 is 38.7. The van der Waals surface area contributed by atoms with E-state index in [0.29, 0.717) is 49.6 Å². The quantitative estimate of drug-likeness (QED) is 0.207. The molecule has 2 atom stereocenters. The van der Waals surface area contributed by atoms with Crippen LogP contribution >= 0.6 is 0 Å². The Morgan fingerprint density at radius 2 is 1.72 bits per heavy atom. The third-order valence-corrected chi connectivity index (χ3v) is 14.2. The first-order chi connectivity index (χ1) is 29.4. The molecule has 1 unspecified atom stereocenters. The number of halogens is 2. The number of fused-ring (bicyclic) bond motifs is 2. The average molecular weight is 837 g/mol. The zero-order valence-electron chi connectivity index (χ0n) is 35.0. The predicted octanol–water partition coefficient (Wildman–Crippen LogP) is 5.08. The molecule has 14 nitrogen and oxygen atoms in total. The summed E-state index contributed by atoms with van der Waals surface area (Å²) in [6.07, 6.45) is 6.93. The summed E-state index contributed by atoms with van der Waals surface area (Å²) in [7, 11) is 0. The lowest BCUT2D eigenvalue weighted by Gasteiger charge is -2.45. The molecule has 4 aromatic rings. The number of anilines is 2. The molecule has 1 aliphatic carbocycles. The molecule has 5 aliphatic heterocycles. The van der Waals surface area contributed by atoms with Crippen molar-refractivity contribution in [2.24, 2.45) is 5.92 Å². The maximum absolute atomic E-state index is 16.5. The fraction of sp³-hybridized carbons (Fsp3) is 0.556. The molecule has 10 rings (SSSR count). The standard InChI is InChI=1S/C45H54F2N10O4/c1-28-23-55(38-22-35(48-27-49-38)41-32-21-30(61-44(2)11-12-44)3-5-34(32)51-52-41)19-20-56(28)26-45(47)13-17-53(18-14-45)24-29-9-15-54(16-10-29)36-6-4-31-33(40(36)46)25-57(43(31)60)37-7-8-39(58)50-42(37)59/h3-6,21-22,27-29,37H,7-20,23-26H2,1-2H3,(H,51,52)(H,50,58,59)/t28-,37?/m0/s1. The number of H-pyrrole nitrogens is 1. The van der Waals surface area contributed by atoms with Crippen molar-refractivity contribution >= 4 is 40.1 Å². The van der Waals surface area contributed by atoms with Gasteiger partial charge in [0.05, 0.1) is 23.4 Å². The fourth-order valence-electron chi connectivity index (χ4n) is 10.1. The monoisotopic (exact) mass is 836 g/mol. The number of hydrogen-bond acceptors (Lipinski definition) is 11. The second-order valence-corrected chi connectivity index (χ2v) is 18.6. The Balaban J connectivity index is 0.692. The topological polar surface area (TPSA) is 143 Å². The number of carbonyl (C=O) groups excluding carboxylic acids is 3.